The van der Waals surface area contributed by atoms with Crippen LogP contribution in [0.3, 0.4) is 0 Å². The maximum atomic E-state index is 4.42. The van der Waals surface area contributed by atoms with Gasteiger partial charge in [-0.2, -0.15) is 0 Å². The number of pyridine rings is 1. The molecule has 0 atom stereocenters. The summed E-state index contributed by atoms with van der Waals surface area (Å²) in [5.41, 5.74) is 2.69. The van der Waals surface area contributed by atoms with Crippen LogP contribution >= 0.6 is 0 Å². The molecule has 1 aromatic rings. The molecule has 0 fully saturated rings. The average Bonchev–Trinajstić information content (AvgIpc) is 2.30. The minimum atomic E-state index is 0.581. The summed E-state index contributed by atoms with van der Waals surface area (Å²) in [5.74, 6) is 0.581. The Balaban J connectivity index is 0.00000106. The predicted octanol–water partition coefficient (Wildman–Crippen LogP) is 3.12. The molecule has 90 valence electrons. The first-order valence-corrected chi connectivity index (χ1v) is 6.13. The number of hydrogen-bond acceptors (Lipinski definition) is 1. The highest BCUT2D eigenvalue weighted by molar-refractivity contribution is 5.47. The molecule has 0 aliphatic heterocycles. The van der Waals surface area contributed by atoms with Gasteiger partial charge in [-0.15, -0.1) is 0 Å². The fourth-order valence-corrected chi connectivity index (χ4v) is 1.43. The van der Waals surface area contributed by atoms with E-state index in [-0.39, 0.29) is 0 Å². The maximum Gasteiger partial charge on any atom is 0.0687 e. The van der Waals surface area contributed by atoms with Gasteiger partial charge in [-0.25, -0.2) is 0 Å². The highest BCUT2D eigenvalue weighted by Crippen LogP contribution is 2.05. The van der Waals surface area contributed by atoms with E-state index in [1.165, 1.54) is 16.4 Å². The minimum absolute atomic E-state index is 0.581. The van der Waals surface area contributed by atoms with Crippen LogP contribution in [0.1, 0.15) is 48.5 Å². The fraction of sp³-hybridized carbons (Fsp3) is 0.533. The van der Waals surface area contributed by atoms with Gasteiger partial charge in [0.25, 0.3) is 0 Å². The van der Waals surface area contributed by atoms with Crippen molar-refractivity contribution in [1.82, 2.24) is 4.98 Å². The third kappa shape index (κ3) is 3.80. The molecule has 1 heterocycles. The maximum absolute atomic E-state index is 4.42. The zero-order chi connectivity index (χ0) is 12.7. The summed E-state index contributed by atoms with van der Waals surface area (Å²) in [6.45, 7) is 14.8. The van der Waals surface area contributed by atoms with Crippen molar-refractivity contribution in [2.75, 3.05) is 0 Å². The molecule has 0 aliphatic rings. The van der Waals surface area contributed by atoms with Gasteiger partial charge in [0, 0.05) is 6.20 Å². The Morgan fingerprint density at radius 3 is 2.12 bits per heavy atom. The van der Waals surface area contributed by atoms with Gasteiger partial charge in [-0.3, -0.25) is 4.98 Å². The molecular formula is C15H25N. The Morgan fingerprint density at radius 1 is 1.12 bits per heavy atom. The van der Waals surface area contributed by atoms with Crippen LogP contribution in [0.2, 0.25) is 0 Å². The van der Waals surface area contributed by atoms with Crippen LogP contribution in [0.5, 0.6) is 0 Å². The van der Waals surface area contributed by atoms with Gasteiger partial charge < -0.3 is 0 Å². The van der Waals surface area contributed by atoms with Crippen molar-refractivity contribution in [2.45, 2.75) is 48.5 Å². The van der Waals surface area contributed by atoms with Crippen LogP contribution < -0.4 is 10.6 Å². The van der Waals surface area contributed by atoms with Crippen LogP contribution in [0.25, 0.3) is 11.1 Å². The van der Waals surface area contributed by atoms with Crippen molar-refractivity contribution < 1.29 is 0 Å². The quantitative estimate of drug-likeness (QED) is 0.707. The first-order chi connectivity index (χ1) is 7.54. The lowest BCUT2D eigenvalue weighted by atomic mass is 10.0. The van der Waals surface area contributed by atoms with Gasteiger partial charge in [0.05, 0.1) is 5.35 Å². The van der Waals surface area contributed by atoms with Gasteiger partial charge in [0.2, 0.25) is 0 Å². The first-order valence-electron chi connectivity index (χ1n) is 6.13. The number of nitrogens with zero attached hydrogens (tertiary/aromatic N) is 1. The number of aromatic nitrogens is 1. The largest absolute Gasteiger partial charge is 0.256 e. The van der Waals surface area contributed by atoms with Crippen molar-refractivity contribution in [3.05, 3.63) is 28.9 Å². The van der Waals surface area contributed by atoms with E-state index in [0.29, 0.717) is 5.92 Å². The molecule has 0 aromatic carbocycles. The predicted molar refractivity (Wildman–Crippen MR) is 73.5 cm³/mol. The third-order valence-electron chi connectivity index (χ3n) is 2.57. The molecule has 0 radical (unpaired) electrons. The average molecular weight is 219 g/mol. The second-order valence-electron chi connectivity index (χ2n) is 4.24. The molecule has 0 aliphatic carbocycles. The summed E-state index contributed by atoms with van der Waals surface area (Å²) in [6, 6.07) is 4.16. The lowest BCUT2D eigenvalue weighted by Crippen LogP contribution is -2.31. The van der Waals surface area contributed by atoms with E-state index >= 15 is 0 Å². The SMILES string of the molecule is CC.CC(C)=c1nccc/c1=C(/C)C(C)C. The topological polar surface area (TPSA) is 12.9 Å². The van der Waals surface area contributed by atoms with Crippen LogP contribution in [0.4, 0.5) is 0 Å². The van der Waals surface area contributed by atoms with Crippen molar-refractivity contribution in [1.29, 1.82) is 0 Å². The van der Waals surface area contributed by atoms with Crippen molar-refractivity contribution in [3.63, 3.8) is 0 Å². The summed E-state index contributed by atoms with van der Waals surface area (Å²) in [6.07, 6.45) is 1.86. The Morgan fingerprint density at radius 2 is 1.69 bits per heavy atom. The summed E-state index contributed by atoms with van der Waals surface area (Å²) in [4.78, 5) is 4.42. The van der Waals surface area contributed by atoms with Crippen LogP contribution in [-0.4, -0.2) is 4.98 Å². The van der Waals surface area contributed by atoms with Crippen molar-refractivity contribution in [3.8, 4) is 0 Å². The zero-order valence-electron chi connectivity index (χ0n) is 11.8. The summed E-state index contributed by atoms with van der Waals surface area (Å²) in [7, 11) is 0. The van der Waals surface area contributed by atoms with Crippen LogP contribution in [0, 0.1) is 5.92 Å². The van der Waals surface area contributed by atoms with Gasteiger partial charge in [-0.1, -0.05) is 44.9 Å². The van der Waals surface area contributed by atoms with E-state index < -0.39 is 0 Å². The second-order valence-corrected chi connectivity index (χ2v) is 4.24. The lowest BCUT2D eigenvalue weighted by molar-refractivity contribution is 0.838. The molecule has 0 saturated heterocycles. The Labute approximate surface area is 99.9 Å². The summed E-state index contributed by atoms with van der Waals surface area (Å²) < 4.78 is 0. The van der Waals surface area contributed by atoms with Gasteiger partial charge >= 0.3 is 0 Å². The van der Waals surface area contributed by atoms with Crippen LogP contribution in [0.15, 0.2) is 18.3 Å². The number of hydrogen-bond donors (Lipinski definition) is 0. The fourth-order valence-electron chi connectivity index (χ4n) is 1.43. The molecule has 1 rings (SSSR count). The molecule has 0 unspecified atom stereocenters. The van der Waals surface area contributed by atoms with E-state index in [1.54, 1.807) is 0 Å². The van der Waals surface area contributed by atoms with E-state index in [9.17, 15) is 0 Å². The normalized spacial score (nSPS) is 11.8. The molecule has 1 nitrogen and oxygen atoms in total. The van der Waals surface area contributed by atoms with E-state index in [2.05, 4.69) is 45.7 Å². The molecule has 16 heavy (non-hydrogen) atoms. The summed E-state index contributed by atoms with van der Waals surface area (Å²) in [5, 5.41) is 2.43. The van der Waals surface area contributed by atoms with Crippen molar-refractivity contribution in [2.24, 2.45) is 5.92 Å². The Bertz CT molecular complexity index is 423. The second kappa shape index (κ2) is 7.21. The highest BCUT2D eigenvalue weighted by atomic mass is 14.6. The van der Waals surface area contributed by atoms with E-state index in [0.717, 1.165) is 5.35 Å². The van der Waals surface area contributed by atoms with E-state index in [1.807, 2.05) is 26.1 Å². The molecule has 0 bridgehead atoms. The Kier molecular flexibility index (Phi) is 6.71. The molecule has 1 heteroatoms. The summed E-state index contributed by atoms with van der Waals surface area (Å²) >= 11 is 0. The minimum Gasteiger partial charge on any atom is -0.256 e. The van der Waals surface area contributed by atoms with Gasteiger partial charge in [0.1, 0.15) is 0 Å². The Hall–Kier alpha value is -1.11. The first kappa shape index (κ1) is 14.9. The molecule has 1 aromatic heterocycles. The van der Waals surface area contributed by atoms with E-state index in [4.69, 9.17) is 0 Å². The standard InChI is InChI=1S/C13H19N.C2H6/c1-9(2)11(5)12-7-6-8-14-13(12)10(3)4;1-2/h6-9H,1-5H3;1-2H3/b12-11+;. The molecule has 0 amide bonds. The monoisotopic (exact) mass is 219 g/mol. The van der Waals surface area contributed by atoms with Gasteiger partial charge in [0.15, 0.2) is 0 Å². The van der Waals surface area contributed by atoms with Gasteiger partial charge in [-0.05, 0) is 38.0 Å². The molecule has 0 saturated carbocycles. The number of rotatable bonds is 1. The highest BCUT2D eigenvalue weighted by Gasteiger charge is 1.99. The van der Waals surface area contributed by atoms with Crippen LogP contribution in [-0.2, 0) is 0 Å². The zero-order valence-corrected chi connectivity index (χ0v) is 11.8. The molecular weight excluding hydrogens is 194 g/mol. The van der Waals surface area contributed by atoms with Crippen molar-refractivity contribution >= 4 is 11.1 Å². The smallest absolute Gasteiger partial charge is 0.0687 e. The third-order valence-corrected chi connectivity index (χ3v) is 2.57. The molecule has 0 N–H and O–H groups in total. The lowest BCUT2D eigenvalue weighted by Gasteiger charge is -2.05. The molecule has 0 spiro atoms.